The number of carbonyl (C=O) groups is 1. The Labute approximate surface area is 156 Å². The number of anilines is 1. The molecule has 0 unspecified atom stereocenters. The first kappa shape index (κ1) is 17.9. The molecule has 26 heavy (non-hydrogen) atoms. The van der Waals surface area contributed by atoms with Crippen molar-refractivity contribution in [3.8, 4) is 5.88 Å². The van der Waals surface area contributed by atoms with E-state index in [2.05, 4.69) is 15.4 Å². The van der Waals surface area contributed by atoms with Gasteiger partial charge in [-0.1, -0.05) is 29.8 Å². The molecule has 1 amide bonds. The van der Waals surface area contributed by atoms with Gasteiger partial charge in [-0.3, -0.25) is 9.48 Å². The van der Waals surface area contributed by atoms with Crippen molar-refractivity contribution < 1.29 is 9.53 Å². The molecule has 1 aromatic carbocycles. The van der Waals surface area contributed by atoms with Gasteiger partial charge in [-0.15, -0.1) is 0 Å². The highest BCUT2D eigenvalue weighted by Gasteiger charge is 2.19. The second-order valence-electron chi connectivity index (χ2n) is 5.84. The fourth-order valence-electron chi connectivity index (χ4n) is 2.74. The molecule has 1 N–H and O–H groups in total. The Morgan fingerprint density at radius 3 is 2.65 bits per heavy atom. The fourth-order valence-corrected chi connectivity index (χ4v) is 2.93. The standard InChI is InChI=1S/C19H19ClN4O2/c1-12-18(19(25)22-15-8-9-17(26-3)21-10-15)13(2)24(23-12)11-14-6-4-5-7-16(14)20/h4-10H,11H2,1-3H3,(H,22,25). The van der Waals surface area contributed by atoms with Crippen molar-refractivity contribution in [3.05, 3.63) is 70.1 Å². The molecule has 0 atom stereocenters. The minimum atomic E-state index is -0.225. The van der Waals surface area contributed by atoms with Crippen LogP contribution < -0.4 is 10.1 Å². The number of carbonyl (C=O) groups excluding carboxylic acids is 1. The number of ether oxygens (including phenoxy) is 1. The number of hydrogen-bond donors (Lipinski definition) is 1. The van der Waals surface area contributed by atoms with Crippen LogP contribution in [0.4, 0.5) is 5.69 Å². The largest absolute Gasteiger partial charge is 0.481 e. The van der Waals surface area contributed by atoms with Crippen molar-refractivity contribution in [1.82, 2.24) is 14.8 Å². The first-order chi connectivity index (χ1) is 12.5. The van der Waals surface area contributed by atoms with Crippen molar-refractivity contribution in [2.75, 3.05) is 12.4 Å². The minimum Gasteiger partial charge on any atom is -0.481 e. The maximum atomic E-state index is 12.7. The average Bonchev–Trinajstić information content (AvgIpc) is 2.91. The molecule has 7 heteroatoms. The summed E-state index contributed by atoms with van der Waals surface area (Å²) in [5.41, 5.74) is 3.53. The molecule has 2 aromatic heterocycles. The Hall–Kier alpha value is -2.86. The van der Waals surface area contributed by atoms with E-state index in [1.165, 1.54) is 0 Å². The number of aryl methyl sites for hydroxylation is 1. The summed E-state index contributed by atoms with van der Waals surface area (Å²) in [6.07, 6.45) is 1.55. The van der Waals surface area contributed by atoms with Crippen LogP contribution in [0.15, 0.2) is 42.6 Å². The van der Waals surface area contributed by atoms with E-state index >= 15 is 0 Å². The SMILES string of the molecule is COc1ccc(NC(=O)c2c(C)nn(Cc3ccccc3Cl)c2C)cn1. The van der Waals surface area contributed by atoms with Gasteiger partial charge >= 0.3 is 0 Å². The molecule has 134 valence electrons. The molecule has 0 radical (unpaired) electrons. The van der Waals surface area contributed by atoms with Gasteiger partial charge in [-0.2, -0.15) is 5.10 Å². The number of halogens is 1. The Morgan fingerprint density at radius 1 is 1.23 bits per heavy atom. The number of nitrogens with zero attached hydrogens (tertiary/aromatic N) is 3. The zero-order chi connectivity index (χ0) is 18.7. The van der Waals surface area contributed by atoms with Crippen molar-refractivity contribution in [2.24, 2.45) is 0 Å². The van der Waals surface area contributed by atoms with Gasteiger partial charge in [0.05, 0.1) is 36.8 Å². The predicted molar refractivity (Wildman–Crippen MR) is 101 cm³/mol. The number of amides is 1. The van der Waals surface area contributed by atoms with Gasteiger partial charge in [0.15, 0.2) is 0 Å². The van der Waals surface area contributed by atoms with E-state index in [1.807, 2.05) is 38.1 Å². The van der Waals surface area contributed by atoms with Crippen molar-refractivity contribution in [3.63, 3.8) is 0 Å². The zero-order valence-electron chi connectivity index (χ0n) is 14.8. The summed E-state index contributed by atoms with van der Waals surface area (Å²) >= 11 is 6.23. The summed E-state index contributed by atoms with van der Waals surface area (Å²) in [4.78, 5) is 16.8. The number of benzene rings is 1. The van der Waals surface area contributed by atoms with Crippen LogP contribution in [0.2, 0.25) is 5.02 Å². The molecule has 3 rings (SSSR count). The molecular formula is C19H19ClN4O2. The highest BCUT2D eigenvalue weighted by atomic mass is 35.5. The molecule has 0 saturated heterocycles. The summed E-state index contributed by atoms with van der Waals surface area (Å²) in [5, 5.41) is 8.02. The van der Waals surface area contributed by atoms with E-state index in [4.69, 9.17) is 16.3 Å². The molecule has 6 nitrogen and oxygen atoms in total. The maximum Gasteiger partial charge on any atom is 0.259 e. The molecule has 3 aromatic rings. The third kappa shape index (κ3) is 3.70. The summed E-state index contributed by atoms with van der Waals surface area (Å²) in [7, 11) is 1.54. The highest BCUT2D eigenvalue weighted by Crippen LogP contribution is 2.20. The van der Waals surface area contributed by atoms with Crippen LogP contribution in [-0.2, 0) is 6.54 Å². The normalized spacial score (nSPS) is 10.6. The molecule has 0 aliphatic carbocycles. The lowest BCUT2D eigenvalue weighted by Crippen LogP contribution is -2.14. The average molecular weight is 371 g/mol. The Balaban J connectivity index is 1.82. The van der Waals surface area contributed by atoms with Gasteiger partial charge in [-0.25, -0.2) is 4.98 Å². The topological polar surface area (TPSA) is 69.0 Å². The van der Waals surface area contributed by atoms with Gasteiger partial charge in [0.1, 0.15) is 0 Å². The molecule has 0 spiro atoms. The third-order valence-electron chi connectivity index (χ3n) is 4.09. The van der Waals surface area contributed by atoms with Crippen molar-refractivity contribution in [1.29, 1.82) is 0 Å². The van der Waals surface area contributed by atoms with E-state index < -0.39 is 0 Å². The van der Waals surface area contributed by atoms with E-state index in [9.17, 15) is 4.79 Å². The number of pyridine rings is 1. The lowest BCUT2D eigenvalue weighted by molar-refractivity contribution is 0.102. The number of rotatable bonds is 5. The number of aromatic nitrogens is 3. The van der Waals surface area contributed by atoms with Gasteiger partial charge in [0.2, 0.25) is 5.88 Å². The maximum absolute atomic E-state index is 12.7. The van der Waals surface area contributed by atoms with Crippen LogP contribution in [-0.4, -0.2) is 27.8 Å². The summed E-state index contributed by atoms with van der Waals surface area (Å²) in [5.74, 6) is 0.264. The molecule has 2 heterocycles. The first-order valence-corrected chi connectivity index (χ1v) is 8.46. The minimum absolute atomic E-state index is 0.225. The second kappa shape index (κ2) is 7.58. The lowest BCUT2D eigenvalue weighted by atomic mass is 10.1. The van der Waals surface area contributed by atoms with Crippen molar-refractivity contribution >= 4 is 23.2 Å². The summed E-state index contributed by atoms with van der Waals surface area (Å²) in [6.45, 7) is 4.19. The van der Waals surface area contributed by atoms with Crippen LogP contribution in [0.1, 0.15) is 27.3 Å². The van der Waals surface area contributed by atoms with Crippen LogP contribution in [0, 0.1) is 13.8 Å². The van der Waals surface area contributed by atoms with Crippen LogP contribution in [0.25, 0.3) is 0 Å². The molecule has 0 fully saturated rings. The second-order valence-corrected chi connectivity index (χ2v) is 6.25. The summed E-state index contributed by atoms with van der Waals surface area (Å²) < 4.78 is 6.81. The van der Waals surface area contributed by atoms with E-state index in [0.29, 0.717) is 34.4 Å². The number of hydrogen-bond acceptors (Lipinski definition) is 4. The Bertz CT molecular complexity index is 935. The third-order valence-corrected chi connectivity index (χ3v) is 4.46. The van der Waals surface area contributed by atoms with Crippen molar-refractivity contribution in [2.45, 2.75) is 20.4 Å². The molecule has 0 aliphatic heterocycles. The lowest BCUT2D eigenvalue weighted by Gasteiger charge is -2.08. The van der Waals surface area contributed by atoms with E-state index in [0.717, 1.165) is 11.3 Å². The summed E-state index contributed by atoms with van der Waals surface area (Å²) in [6, 6.07) is 11.0. The Morgan fingerprint density at radius 2 is 2.00 bits per heavy atom. The van der Waals surface area contributed by atoms with Crippen LogP contribution >= 0.6 is 11.6 Å². The molecular weight excluding hydrogens is 352 g/mol. The molecule has 0 aliphatic rings. The number of methoxy groups -OCH3 is 1. The zero-order valence-corrected chi connectivity index (χ0v) is 15.5. The highest BCUT2D eigenvalue weighted by molar-refractivity contribution is 6.31. The van der Waals surface area contributed by atoms with E-state index in [1.54, 1.807) is 30.1 Å². The van der Waals surface area contributed by atoms with Gasteiger partial charge in [0, 0.05) is 16.8 Å². The smallest absolute Gasteiger partial charge is 0.259 e. The molecule has 0 bridgehead atoms. The first-order valence-electron chi connectivity index (χ1n) is 8.08. The van der Waals surface area contributed by atoms with Gasteiger partial charge in [-0.05, 0) is 31.5 Å². The van der Waals surface area contributed by atoms with Crippen LogP contribution in [0.5, 0.6) is 5.88 Å². The monoisotopic (exact) mass is 370 g/mol. The van der Waals surface area contributed by atoms with Gasteiger partial charge in [0.25, 0.3) is 5.91 Å². The quantitative estimate of drug-likeness (QED) is 0.740. The predicted octanol–water partition coefficient (Wildman–Crippen LogP) is 3.86. The number of nitrogens with one attached hydrogen (secondary N) is 1. The fraction of sp³-hybridized carbons (Fsp3) is 0.211. The van der Waals surface area contributed by atoms with Crippen LogP contribution in [0.3, 0.4) is 0 Å². The molecule has 0 saturated carbocycles. The Kier molecular flexibility index (Phi) is 5.23. The van der Waals surface area contributed by atoms with Gasteiger partial charge < -0.3 is 10.1 Å². The van der Waals surface area contributed by atoms with E-state index in [-0.39, 0.29) is 5.91 Å².